The van der Waals surface area contributed by atoms with Crippen LogP contribution in [0, 0.1) is 16.0 Å². The molecule has 7 nitrogen and oxygen atoms in total. The normalized spacial score (nSPS) is 20.6. The zero-order chi connectivity index (χ0) is 14.2. The van der Waals surface area contributed by atoms with Gasteiger partial charge in [0.25, 0.3) is 10.0 Å². The first kappa shape index (κ1) is 14.2. The number of thiophene rings is 1. The SMILES string of the molecule is CNc1sc(S(=O)(=O)N2CCC(C)C2)cc1[N+](=O)[O-]. The summed E-state index contributed by atoms with van der Waals surface area (Å²) in [6, 6.07) is 1.13. The van der Waals surface area contributed by atoms with Crippen LogP contribution < -0.4 is 5.32 Å². The predicted molar refractivity (Wildman–Crippen MR) is 73.1 cm³/mol. The maximum atomic E-state index is 12.4. The highest BCUT2D eigenvalue weighted by atomic mass is 32.2. The summed E-state index contributed by atoms with van der Waals surface area (Å²) < 4.78 is 26.2. The number of nitrogens with one attached hydrogen (secondary N) is 1. The van der Waals surface area contributed by atoms with Crippen LogP contribution in [0.4, 0.5) is 10.7 Å². The smallest absolute Gasteiger partial charge is 0.304 e. The molecule has 1 aromatic heterocycles. The summed E-state index contributed by atoms with van der Waals surface area (Å²) in [7, 11) is -2.07. The van der Waals surface area contributed by atoms with E-state index < -0.39 is 14.9 Å². The Kier molecular flexibility index (Phi) is 3.79. The lowest BCUT2D eigenvalue weighted by atomic mass is 10.2. The fourth-order valence-corrected chi connectivity index (χ4v) is 5.05. The number of nitrogens with zero attached hydrogens (tertiary/aromatic N) is 2. The monoisotopic (exact) mass is 305 g/mol. The summed E-state index contributed by atoms with van der Waals surface area (Å²) in [6.45, 7) is 2.94. The van der Waals surface area contributed by atoms with Crippen LogP contribution in [-0.2, 0) is 10.0 Å². The van der Waals surface area contributed by atoms with E-state index in [9.17, 15) is 18.5 Å². The Morgan fingerprint density at radius 3 is 2.68 bits per heavy atom. The molecule has 1 saturated heterocycles. The van der Waals surface area contributed by atoms with Crippen molar-refractivity contribution in [2.24, 2.45) is 5.92 Å². The van der Waals surface area contributed by atoms with Crippen molar-refractivity contribution in [3.05, 3.63) is 16.2 Å². The molecule has 0 amide bonds. The van der Waals surface area contributed by atoms with Gasteiger partial charge in [0.2, 0.25) is 0 Å². The minimum atomic E-state index is -3.61. The van der Waals surface area contributed by atoms with Crippen molar-refractivity contribution in [2.45, 2.75) is 17.6 Å². The van der Waals surface area contributed by atoms with Crippen molar-refractivity contribution >= 4 is 32.0 Å². The maximum absolute atomic E-state index is 12.4. The summed E-state index contributed by atoms with van der Waals surface area (Å²) in [5, 5.41) is 13.8. The zero-order valence-corrected chi connectivity index (χ0v) is 12.3. The van der Waals surface area contributed by atoms with Gasteiger partial charge in [-0.1, -0.05) is 18.3 Å². The van der Waals surface area contributed by atoms with Crippen molar-refractivity contribution in [1.82, 2.24) is 4.31 Å². The minimum Gasteiger partial charge on any atom is -0.374 e. The molecule has 0 aromatic carbocycles. The van der Waals surface area contributed by atoms with E-state index in [0.29, 0.717) is 19.0 Å². The standard InChI is InChI=1S/C10H15N3O4S2/c1-7-3-4-12(6-7)19(16,17)9-5-8(13(14)15)10(11-2)18-9/h5,7,11H,3-4,6H2,1-2H3. The van der Waals surface area contributed by atoms with E-state index >= 15 is 0 Å². The Morgan fingerprint density at radius 2 is 2.26 bits per heavy atom. The van der Waals surface area contributed by atoms with Crippen LogP contribution in [0.25, 0.3) is 0 Å². The van der Waals surface area contributed by atoms with Crippen LogP contribution in [-0.4, -0.2) is 37.8 Å². The van der Waals surface area contributed by atoms with Gasteiger partial charge in [-0.05, 0) is 12.3 Å². The van der Waals surface area contributed by atoms with E-state index in [4.69, 9.17) is 0 Å². The molecule has 1 N–H and O–H groups in total. The maximum Gasteiger partial charge on any atom is 0.304 e. The van der Waals surface area contributed by atoms with Crippen molar-refractivity contribution in [3.8, 4) is 0 Å². The first-order valence-corrected chi connectivity index (χ1v) is 8.08. The van der Waals surface area contributed by atoms with Gasteiger partial charge in [0, 0.05) is 26.2 Å². The van der Waals surface area contributed by atoms with Crippen molar-refractivity contribution in [2.75, 3.05) is 25.5 Å². The fourth-order valence-electron chi connectivity index (χ4n) is 2.04. The average Bonchev–Trinajstić information content (AvgIpc) is 2.94. The molecule has 2 heterocycles. The third-order valence-corrected chi connectivity index (χ3v) is 6.55. The van der Waals surface area contributed by atoms with Crippen LogP contribution in [0.15, 0.2) is 10.3 Å². The van der Waals surface area contributed by atoms with Crippen LogP contribution >= 0.6 is 11.3 Å². The second kappa shape index (κ2) is 5.06. The lowest BCUT2D eigenvalue weighted by Crippen LogP contribution is -2.27. The molecule has 9 heteroatoms. The molecular formula is C10H15N3O4S2. The Labute approximate surface area is 115 Å². The Bertz CT molecular complexity index is 596. The molecule has 0 aliphatic carbocycles. The Balaban J connectivity index is 2.38. The highest BCUT2D eigenvalue weighted by Gasteiger charge is 2.34. The fraction of sp³-hybridized carbons (Fsp3) is 0.600. The number of hydrogen-bond donors (Lipinski definition) is 1. The van der Waals surface area contributed by atoms with Crippen molar-refractivity contribution < 1.29 is 13.3 Å². The number of sulfonamides is 1. The quantitative estimate of drug-likeness (QED) is 0.675. The third kappa shape index (κ3) is 2.58. The summed E-state index contributed by atoms with van der Waals surface area (Å²) >= 11 is 0.900. The number of anilines is 1. The summed E-state index contributed by atoms with van der Waals surface area (Å²) in [5.74, 6) is 0.327. The Hall–Kier alpha value is -1.19. The molecule has 0 saturated carbocycles. The summed E-state index contributed by atoms with van der Waals surface area (Å²) in [6.07, 6.45) is 0.825. The van der Waals surface area contributed by atoms with Gasteiger partial charge in [-0.15, -0.1) is 0 Å². The topological polar surface area (TPSA) is 92.6 Å². The number of nitro groups is 1. The first-order chi connectivity index (χ1) is 8.86. The highest BCUT2D eigenvalue weighted by Crippen LogP contribution is 2.38. The molecule has 19 heavy (non-hydrogen) atoms. The van der Waals surface area contributed by atoms with E-state index in [-0.39, 0.29) is 14.9 Å². The van der Waals surface area contributed by atoms with Gasteiger partial charge in [0.15, 0.2) is 5.00 Å². The summed E-state index contributed by atoms with van der Waals surface area (Å²) in [5.41, 5.74) is -0.196. The molecular weight excluding hydrogens is 290 g/mol. The molecule has 1 fully saturated rings. The van der Waals surface area contributed by atoms with Gasteiger partial charge >= 0.3 is 5.69 Å². The van der Waals surface area contributed by atoms with Crippen LogP contribution in [0.2, 0.25) is 0 Å². The molecule has 0 bridgehead atoms. The second-order valence-electron chi connectivity index (χ2n) is 4.54. The van der Waals surface area contributed by atoms with E-state index in [1.807, 2.05) is 6.92 Å². The molecule has 1 atom stereocenters. The lowest BCUT2D eigenvalue weighted by Gasteiger charge is -2.13. The van der Waals surface area contributed by atoms with Crippen molar-refractivity contribution in [3.63, 3.8) is 0 Å². The van der Waals surface area contributed by atoms with Gasteiger partial charge < -0.3 is 5.32 Å². The highest BCUT2D eigenvalue weighted by molar-refractivity contribution is 7.91. The average molecular weight is 305 g/mol. The molecule has 1 unspecified atom stereocenters. The van der Waals surface area contributed by atoms with Gasteiger partial charge in [-0.3, -0.25) is 10.1 Å². The van der Waals surface area contributed by atoms with E-state index in [1.54, 1.807) is 0 Å². The van der Waals surface area contributed by atoms with Gasteiger partial charge in [-0.2, -0.15) is 4.31 Å². The minimum absolute atomic E-state index is 0.0256. The Morgan fingerprint density at radius 1 is 1.58 bits per heavy atom. The van der Waals surface area contributed by atoms with E-state index in [2.05, 4.69) is 5.32 Å². The van der Waals surface area contributed by atoms with Crippen LogP contribution in [0.5, 0.6) is 0 Å². The predicted octanol–water partition coefficient (Wildman–Crippen LogP) is 1.73. The first-order valence-electron chi connectivity index (χ1n) is 5.82. The molecule has 106 valence electrons. The second-order valence-corrected chi connectivity index (χ2v) is 7.76. The van der Waals surface area contributed by atoms with Crippen LogP contribution in [0.3, 0.4) is 0 Å². The largest absolute Gasteiger partial charge is 0.374 e. The van der Waals surface area contributed by atoms with Gasteiger partial charge in [0.1, 0.15) is 4.21 Å². The molecule has 1 aromatic rings. The van der Waals surface area contributed by atoms with Crippen LogP contribution in [0.1, 0.15) is 13.3 Å². The number of hydrogen-bond acceptors (Lipinski definition) is 6. The molecule has 0 radical (unpaired) electrons. The van der Waals surface area contributed by atoms with Crippen molar-refractivity contribution in [1.29, 1.82) is 0 Å². The van der Waals surface area contributed by atoms with E-state index in [0.717, 1.165) is 23.8 Å². The molecule has 2 rings (SSSR count). The molecule has 1 aliphatic heterocycles. The summed E-state index contributed by atoms with van der Waals surface area (Å²) in [4.78, 5) is 10.3. The third-order valence-electron chi connectivity index (χ3n) is 3.09. The number of rotatable bonds is 4. The lowest BCUT2D eigenvalue weighted by molar-refractivity contribution is -0.383. The molecule has 0 spiro atoms. The molecule has 1 aliphatic rings. The zero-order valence-electron chi connectivity index (χ0n) is 10.6. The van der Waals surface area contributed by atoms with E-state index in [1.165, 1.54) is 11.4 Å². The van der Waals surface area contributed by atoms with Gasteiger partial charge in [-0.25, -0.2) is 8.42 Å². The van der Waals surface area contributed by atoms with Gasteiger partial charge in [0.05, 0.1) is 4.92 Å².